The van der Waals surface area contributed by atoms with Crippen LogP contribution in [-0.4, -0.2) is 26.0 Å². The van der Waals surface area contributed by atoms with Gasteiger partial charge in [-0.25, -0.2) is 8.42 Å². The summed E-state index contributed by atoms with van der Waals surface area (Å²) >= 11 is 0. The maximum Gasteiger partial charge on any atom is 0.150 e. The predicted octanol–water partition coefficient (Wildman–Crippen LogP) is 1.57. The minimum absolute atomic E-state index is 0.185. The van der Waals surface area contributed by atoms with Gasteiger partial charge in [-0.1, -0.05) is 13.8 Å². The van der Waals surface area contributed by atoms with Gasteiger partial charge in [-0.05, 0) is 37.5 Å². The van der Waals surface area contributed by atoms with Crippen molar-refractivity contribution >= 4 is 9.84 Å². The third-order valence-corrected chi connectivity index (χ3v) is 5.26. The second kappa shape index (κ2) is 5.30. The average Bonchev–Trinajstić information content (AvgIpc) is 2.99. The minimum Gasteiger partial charge on any atom is -0.327 e. The normalized spacial score (nSPS) is 21.3. The van der Waals surface area contributed by atoms with E-state index in [1.54, 1.807) is 6.92 Å². The summed E-state index contributed by atoms with van der Waals surface area (Å²) in [4.78, 5) is 0. The first kappa shape index (κ1) is 13.0. The highest BCUT2D eigenvalue weighted by molar-refractivity contribution is 7.91. The summed E-state index contributed by atoms with van der Waals surface area (Å²) in [7, 11) is -2.80. The summed E-state index contributed by atoms with van der Waals surface area (Å²) in [5, 5.41) is 0. The van der Waals surface area contributed by atoms with Gasteiger partial charge < -0.3 is 5.73 Å². The maximum absolute atomic E-state index is 11.3. The zero-order chi connectivity index (χ0) is 11.5. The summed E-state index contributed by atoms with van der Waals surface area (Å²) < 4.78 is 22.5. The molecule has 4 heteroatoms. The maximum atomic E-state index is 11.3. The van der Waals surface area contributed by atoms with Gasteiger partial charge in [-0.15, -0.1) is 0 Å². The van der Waals surface area contributed by atoms with Crippen molar-refractivity contribution in [3.05, 3.63) is 0 Å². The van der Waals surface area contributed by atoms with Gasteiger partial charge in [0.05, 0.1) is 5.75 Å². The lowest BCUT2D eigenvalue weighted by molar-refractivity contribution is 0.385. The zero-order valence-corrected chi connectivity index (χ0v) is 10.6. The molecule has 1 fully saturated rings. The number of sulfone groups is 1. The molecular formula is C11H23NO2S. The average molecular weight is 233 g/mol. The smallest absolute Gasteiger partial charge is 0.150 e. The Morgan fingerprint density at radius 3 is 2.47 bits per heavy atom. The van der Waals surface area contributed by atoms with Crippen LogP contribution in [-0.2, 0) is 9.84 Å². The van der Waals surface area contributed by atoms with Gasteiger partial charge >= 0.3 is 0 Å². The Hall–Kier alpha value is -0.0900. The Kier molecular flexibility index (Phi) is 4.59. The predicted molar refractivity (Wildman–Crippen MR) is 63.4 cm³/mol. The van der Waals surface area contributed by atoms with E-state index < -0.39 is 9.84 Å². The number of hydrogen-bond acceptors (Lipinski definition) is 3. The summed E-state index contributed by atoms with van der Waals surface area (Å²) in [5.74, 6) is 1.92. The molecule has 1 saturated carbocycles. The van der Waals surface area contributed by atoms with Crippen LogP contribution >= 0.6 is 0 Å². The van der Waals surface area contributed by atoms with Gasteiger partial charge in [0.15, 0.2) is 0 Å². The lowest BCUT2D eigenvalue weighted by Gasteiger charge is -2.19. The second-order valence-corrected chi connectivity index (χ2v) is 7.21. The molecule has 2 N–H and O–H groups in total. The van der Waals surface area contributed by atoms with Gasteiger partial charge in [-0.2, -0.15) is 0 Å². The van der Waals surface area contributed by atoms with Crippen LogP contribution in [0.1, 0.15) is 39.5 Å². The fourth-order valence-electron chi connectivity index (χ4n) is 1.92. The molecule has 0 aliphatic heterocycles. The number of nitrogens with two attached hydrogens (primary N) is 1. The molecule has 2 atom stereocenters. The van der Waals surface area contributed by atoms with E-state index in [-0.39, 0.29) is 11.8 Å². The molecule has 0 spiro atoms. The van der Waals surface area contributed by atoms with Crippen molar-refractivity contribution in [3.8, 4) is 0 Å². The van der Waals surface area contributed by atoms with Gasteiger partial charge in [0, 0.05) is 11.8 Å². The molecule has 0 amide bonds. The SMILES string of the molecule is CCS(=O)(=O)CCCC(N)C(C)C1CC1. The van der Waals surface area contributed by atoms with Crippen molar-refractivity contribution in [2.75, 3.05) is 11.5 Å². The third-order valence-electron chi connectivity index (χ3n) is 3.47. The fraction of sp³-hybridized carbons (Fsp3) is 1.00. The van der Waals surface area contributed by atoms with Crippen LogP contribution in [0.5, 0.6) is 0 Å². The monoisotopic (exact) mass is 233 g/mol. The molecule has 15 heavy (non-hydrogen) atoms. The van der Waals surface area contributed by atoms with Crippen LogP contribution in [0.3, 0.4) is 0 Å². The number of rotatable bonds is 7. The van der Waals surface area contributed by atoms with Crippen LogP contribution in [0.25, 0.3) is 0 Å². The molecule has 0 saturated heterocycles. The molecule has 0 radical (unpaired) electrons. The van der Waals surface area contributed by atoms with Crippen molar-refractivity contribution in [1.82, 2.24) is 0 Å². The van der Waals surface area contributed by atoms with Crippen LogP contribution in [0, 0.1) is 11.8 Å². The van der Waals surface area contributed by atoms with Crippen LogP contribution < -0.4 is 5.73 Å². The second-order valence-electron chi connectivity index (χ2n) is 4.74. The molecule has 0 heterocycles. The van der Waals surface area contributed by atoms with E-state index in [9.17, 15) is 8.42 Å². The Morgan fingerprint density at radius 1 is 1.40 bits per heavy atom. The third kappa shape index (κ3) is 4.51. The van der Waals surface area contributed by atoms with Crippen molar-refractivity contribution in [2.24, 2.45) is 17.6 Å². The largest absolute Gasteiger partial charge is 0.327 e. The van der Waals surface area contributed by atoms with E-state index in [0.717, 1.165) is 12.3 Å². The summed E-state index contributed by atoms with van der Waals surface area (Å²) in [5.41, 5.74) is 6.03. The molecule has 0 aromatic rings. The highest BCUT2D eigenvalue weighted by Gasteiger charge is 2.31. The Morgan fingerprint density at radius 2 is 2.00 bits per heavy atom. The quantitative estimate of drug-likeness (QED) is 0.726. The first-order chi connectivity index (χ1) is 6.96. The van der Waals surface area contributed by atoms with Gasteiger partial charge in [0.2, 0.25) is 0 Å². The summed E-state index contributed by atoms with van der Waals surface area (Å²) in [6.45, 7) is 3.89. The summed E-state index contributed by atoms with van der Waals surface area (Å²) in [6, 6.07) is 0.185. The lowest BCUT2D eigenvalue weighted by Crippen LogP contribution is -2.30. The molecule has 1 aliphatic carbocycles. The zero-order valence-electron chi connectivity index (χ0n) is 9.78. The van der Waals surface area contributed by atoms with E-state index in [0.29, 0.717) is 18.1 Å². The Balaban J connectivity index is 2.19. The van der Waals surface area contributed by atoms with E-state index in [1.807, 2.05) is 0 Å². The minimum atomic E-state index is -2.80. The van der Waals surface area contributed by atoms with Gasteiger partial charge in [0.1, 0.15) is 9.84 Å². The van der Waals surface area contributed by atoms with E-state index in [2.05, 4.69) is 6.92 Å². The molecule has 1 rings (SSSR count). The van der Waals surface area contributed by atoms with Gasteiger partial charge in [-0.3, -0.25) is 0 Å². The first-order valence-corrected chi connectivity index (χ1v) is 7.74. The van der Waals surface area contributed by atoms with Crippen LogP contribution in [0.4, 0.5) is 0 Å². The van der Waals surface area contributed by atoms with Crippen molar-refractivity contribution < 1.29 is 8.42 Å². The molecule has 90 valence electrons. The fourth-order valence-corrected chi connectivity index (χ4v) is 2.81. The van der Waals surface area contributed by atoms with Gasteiger partial charge in [0.25, 0.3) is 0 Å². The summed E-state index contributed by atoms with van der Waals surface area (Å²) in [6.07, 6.45) is 4.18. The van der Waals surface area contributed by atoms with E-state index in [1.165, 1.54) is 12.8 Å². The topological polar surface area (TPSA) is 60.2 Å². The molecular weight excluding hydrogens is 210 g/mol. The standard InChI is InChI=1S/C11H23NO2S/c1-3-15(13,14)8-4-5-11(12)9(2)10-6-7-10/h9-11H,3-8,12H2,1-2H3. The molecule has 0 bridgehead atoms. The van der Waals surface area contributed by atoms with E-state index in [4.69, 9.17) is 5.73 Å². The Bertz CT molecular complexity index is 283. The molecule has 0 aromatic heterocycles. The molecule has 0 aromatic carbocycles. The Labute approximate surface area is 93.3 Å². The van der Waals surface area contributed by atoms with Crippen molar-refractivity contribution in [1.29, 1.82) is 0 Å². The van der Waals surface area contributed by atoms with Crippen LogP contribution in [0.2, 0.25) is 0 Å². The molecule has 1 aliphatic rings. The van der Waals surface area contributed by atoms with Crippen LogP contribution in [0.15, 0.2) is 0 Å². The van der Waals surface area contributed by atoms with Crippen molar-refractivity contribution in [3.63, 3.8) is 0 Å². The molecule has 3 nitrogen and oxygen atoms in total. The van der Waals surface area contributed by atoms with Crippen molar-refractivity contribution in [2.45, 2.75) is 45.6 Å². The number of hydrogen-bond donors (Lipinski definition) is 1. The highest BCUT2D eigenvalue weighted by atomic mass is 32.2. The molecule has 2 unspecified atom stereocenters. The van der Waals surface area contributed by atoms with E-state index >= 15 is 0 Å². The lowest BCUT2D eigenvalue weighted by atomic mass is 9.94. The first-order valence-electron chi connectivity index (χ1n) is 5.92. The highest BCUT2D eigenvalue weighted by Crippen LogP contribution is 2.38.